The molecule has 0 aliphatic rings. The van der Waals surface area contributed by atoms with Gasteiger partial charge >= 0.3 is 5.97 Å². The third-order valence-corrected chi connectivity index (χ3v) is 4.53. The fourth-order valence-corrected chi connectivity index (χ4v) is 3.18. The van der Waals surface area contributed by atoms with Gasteiger partial charge in [-0.25, -0.2) is 13.4 Å². The second-order valence-corrected chi connectivity index (χ2v) is 6.72. The lowest BCUT2D eigenvalue weighted by Crippen LogP contribution is -2.18. The molecule has 2 rings (SSSR count). The number of hydrogen-bond acceptors (Lipinski definition) is 5. The van der Waals surface area contributed by atoms with Crippen LogP contribution in [0.3, 0.4) is 0 Å². The van der Waals surface area contributed by atoms with Gasteiger partial charge in [-0.2, -0.15) is 0 Å². The quantitative estimate of drug-likeness (QED) is 0.850. The number of nitrogens with zero attached hydrogens (tertiary/aromatic N) is 1. The summed E-state index contributed by atoms with van der Waals surface area (Å²) in [7, 11) is -3.64. The van der Waals surface area contributed by atoms with Crippen molar-refractivity contribution in [2.24, 2.45) is 0 Å². The number of carbonyl (C=O) groups is 1. The lowest BCUT2D eigenvalue weighted by Gasteiger charge is -2.07. The first kappa shape index (κ1) is 14.5. The van der Waals surface area contributed by atoms with Gasteiger partial charge in [-0.1, -0.05) is 0 Å². The van der Waals surface area contributed by atoms with Gasteiger partial charge in [0, 0.05) is 22.8 Å². The molecule has 2 N–H and O–H groups in total. The number of rotatable bonds is 6. The van der Waals surface area contributed by atoms with Crippen molar-refractivity contribution in [3.63, 3.8) is 0 Å². The molecule has 1 aromatic heterocycles. The van der Waals surface area contributed by atoms with Crippen molar-refractivity contribution in [3.05, 3.63) is 35.8 Å². The highest BCUT2D eigenvalue weighted by molar-refractivity contribution is 7.92. The number of anilines is 1. The maximum atomic E-state index is 11.6. The van der Waals surface area contributed by atoms with Gasteiger partial charge in [-0.05, 0) is 24.3 Å². The molecule has 0 fully saturated rings. The van der Waals surface area contributed by atoms with Crippen molar-refractivity contribution in [2.75, 3.05) is 10.5 Å². The second kappa shape index (κ2) is 6.02. The fraction of sp³-hybridized carbons (Fsp3) is 0.167. The zero-order valence-corrected chi connectivity index (χ0v) is 11.9. The van der Waals surface area contributed by atoms with Crippen LogP contribution in [0.15, 0.2) is 35.8 Å². The number of sulfonamides is 1. The Bertz CT molecular complexity index is 679. The molecule has 0 amide bonds. The van der Waals surface area contributed by atoms with Gasteiger partial charge in [0.05, 0.1) is 12.2 Å². The van der Waals surface area contributed by atoms with E-state index in [1.165, 1.54) is 11.3 Å². The molecule has 0 saturated heterocycles. The molecule has 0 unspecified atom stereocenters. The van der Waals surface area contributed by atoms with Gasteiger partial charge < -0.3 is 5.11 Å². The third kappa shape index (κ3) is 4.04. The molecule has 0 aliphatic carbocycles. The Morgan fingerprint density at radius 2 is 2.00 bits per heavy atom. The van der Waals surface area contributed by atoms with Gasteiger partial charge in [-0.15, -0.1) is 11.3 Å². The van der Waals surface area contributed by atoms with Crippen LogP contribution in [0.4, 0.5) is 5.69 Å². The standard InChI is InChI=1S/C12H12N2O4S2/c15-11(16)5-8-20(17,18)14-10-3-1-9(2-4-10)12-13-6-7-19-12/h1-4,6-7,14H,5,8H2,(H,15,16). The largest absolute Gasteiger partial charge is 0.481 e. The van der Waals surface area contributed by atoms with E-state index in [0.29, 0.717) is 5.69 Å². The van der Waals surface area contributed by atoms with E-state index in [1.54, 1.807) is 30.5 Å². The maximum absolute atomic E-state index is 11.6. The Morgan fingerprint density at radius 3 is 2.55 bits per heavy atom. The Labute approximate surface area is 120 Å². The molecule has 0 atom stereocenters. The highest BCUT2D eigenvalue weighted by Crippen LogP contribution is 2.23. The van der Waals surface area contributed by atoms with E-state index in [1.807, 2.05) is 5.38 Å². The molecule has 1 aromatic carbocycles. The normalized spacial score (nSPS) is 11.2. The molecule has 0 spiro atoms. The van der Waals surface area contributed by atoms with Crippen molar-refractivity contribution >= 4 is 33.0 Å². The minimum Gasteiger partial charge on any atom is -0.481 e. The summed E-state index contributed by atoms with van der Waals surface area (Å²) in [6, 6.07) is 6.76. The van der Waals surface area contributed by atoms with E-state index in [-0.39, 0.29) is 0 Å². The van der Waals surface area contributed by atoms with Crippen molar-refractivity contribution in [1.29, 1.82) is 0 Å². The summed E-state index contributed by atoms with van der Waals surface area (Å²) in [5, 5.41) is 11.2. The summed E-state index contributed by atoms with van der Waals surface area (Å²) in [5.41, 5.74) is 1.30. The van der Waals surface area contributed by atoms with Crippen LogP contribution < -0.4 is 4.72 Å². The minimum absolute atomic E-state index is 0.399. The number of carboxylic acids is 1. The van der Waals surface area contributed by atoms with Crippen LogP contribution in [0.25, 0.3) is 10.6 Å². The average molecular weight is 312 g/mol. The number of carboxylic acid groups (broad SMARTS) is 1. The number of thiazole rings is 1. The Kier molecular flexibility index (Phi) is 4.35. The summed E-state index contributed by atoms with van der Waals surface area (Å²) in [6.45, 7) is 0. The molecular formula is C12H12N2O4S2. The highest BCUT2D eigenvalue weighted by Gasteiger charge is 2.13. The average Bonchev–Trinajstić information content (AvgIpc) is 2.91. The minimum atomic E-state index is -3.64. The number of aromatic nitrogens is 1. The van der Waals surface area contributed by atoms with E-state index >= 15 is 0 Å². The first-order chi connectivity index (χ1) is 9.46. The zero-order chi connectivity index (χ0) is 14.6. The molecule has 6 nitrogen and oxygen atoms in total. The number of nitrogens with one attached hydrogen (secondary N) is 1. The van der Waals surface area contributed by atoms with Gasteiger partial charge in [0.2, 0.25) is 10.0 Å². The number of aliphatic carboxylic acids is 1. The fourth-order valence-electron chi connectivity index (χ4n) is 1.50. The summed E-state index contributed by atoms with van der Waals surface area (Å²) in [5.74, 6) is -1.59. The molecule has 0 aliphatic heterocycles. The van der Waals surface area contributed by atoms with Gasteiger partial charge in [0.1, 0.15) is 5.01 Å². The molecular weight excluding hydrogens is 300 g/mol. The topological polar surface area (TPSA) is 96.4 Å². The van der Waals surface area contributed by atoms with Gasteiger partial charge in [0.15, 0.2) is 0 Å². The van der Waals surface area contributed by atoms with Crippen LogP contribution in [0, 0.1) is 0 Å². The summed E-state index contributed by atoms with van der Waals surface area (Å²) in [6.07, 6.45) is 1.27. The Morgan fingerprint density at radius 1 is 1.30 bits per heavy atom. The first-order valence-corrected chi connectivity index (χ1v) is 8.22. The number of benzene rings is 1. The molecule has 1 heterocycles. The van der Waals surface area contributed by atoms with Crippen molar-refractivity contribution in [1.82, 2.24) is 4.98 Å². The molecule has 20 heavy (non-hydrogen) atoms. The van der Waals surface area contributed by atoms with Crippen LogP contribution in [-0.2, 0) is 14.8 Å². The highest BCUT2D eigenvalue weighted by atomic mass is 32.2. The smallest absolute Gasteiger partial charge is 0.304 e. The van der Waals surface area contributed by atoms with Crippen molar-refractivity contribution in [2.45, 2.75) is 6.42 Å². The van der Waals surface area contributed by atoms with E-state index in [0.717, 1.165) is 10.6 Å². The van der Waals surface area contributed by atoms with E-state index < -0.39 is 28.2 Å². The summed E-state index contributed by atoms with van der Waals surface area (Å²) >= 11 is 1.49. The molecule has 0 saturated carbocycles. The van der Waals surface area contributed by atoms with E-state index in [2.05, 4.69) is 9.71 Å². The monoisotopic (exact) mass is 312 g/mol. The predicted molar refractivity (Wildman–Crippen MR) is 77.2 cm³/mol. The first-order valence-electron chi connectivity index (χ1n) is 5.68. The van der Waals surface area contributed by atoms with Gasteiger partial charge in [-0.3, -0.25) is 9.52 Å². The van der Waals surface area contributed by atoms with Crippen LogP contribution in [-0.4, -0.2) is 30.2 Å². The zero-order valence-electron chi connectivity index (χ0n) is 10.3. The third-order valence-electron chi connectivity index (χ3n) is 2.42. The maximum Gasteiger partial charge on any atom is 0.304 e. The molecule has 8 heteroatoms. The predicted octanol–water partition coefficient (Wildman–Crippen LogP) is 2.03. The molecule has 0 bridgehead atoms. The van der Waals surface area contributed by atoms with Crippen LogP contribution >= 0.6 is 11.3 Å². The summed E-state index contributed by atoms with van der Waals surface area (Å²) < 4.78 is 25.6. The SMILES string of the molecule is O=C(O)CCS(=O)(=O)Nc1ccc(-c2nccs2)cc1. The van der Waals surface area contributed by atoms with Gasteiger partial charge in [0.25, 0.3) is 0 Å². The molecule has 0 radical (unpaired) electrons. The lowest BCUT2D eigenvalue weighted by molar-refractivity contribution is -0.136. The van der Waals surface area contributed by atoms with Crippen molar-refractivity contribution in [3.8, 4) is 10.6 Å². The van der Waals surface area contributed by atoms with E-state index in [4.69, 9.17) is 5.11 Å². The number of hydrogen-bond donors (Lipinski definition) is 2. The molecule has 106 valence electrons. The summed E-state index contributed by atoms with van der Waals surface area (Å²) in [4.78, 5) is 14.5. The van der Waals surface area contributed by atoms with Crippen LogP contribution in [0.5, 0.6) is 0 Å². The second-order valence-electron chi connectivity index (χ2n) is 3.98. The Balaban J connectivity index is 2.05. The lowest BCUT2D eigenvalue weighted by atomic mass is 10.2. The Hall–Kier alpha value is -1.93. The van der Waals surface area contributed by atoms with Crippen LogP contribution in [0.1, 0.15) is 6.42 Å². The molecule has 2 aromatic rings. The van der Waals surface area contributed by atoms with Crippen molar-refractivity contribution < 1.29 is 18.3 Å². The van der Waals surface area contributed by atoms with E-state index in [9.17, 15) is 13.2 Å². The van der Waals surface area contributed by atoms with Crippen LogP contribution in [0.2, 0.25) is 0 Å².